The number of aryl methyl sites for hydroxylation is 1. The zero-order chi connectivity index (χ0) is 16.9. The highest BCUT2D eigenvalue weighted by Gasteiger charge is 2.35. The molecule has 0 unspecified atom stereocenters. The molecule has 0 saturated carbocycles. The van der Waals surface area contributed by atoms with Gasteiger partial charge in [-0.1, -0.05) is 31.2 Å². The molecule has 3 heteroatoms. The van der Waals surface area contributed by atoms with Gasteiger partial charge in [0, 0.05) is 13.1 Å². The summed E-state index contributed by atoms with van der Waals surface area (Å²) >= 11 is 0. The van der Waals surface area contributed by atoms with E-state index in [9.17, 15) is 4.79 Å². The highest BCUT2D eigenvalue weighted by molar-refractivity contribution is 5.87. The van der Waals surface area contributed by atoms with E-state index in [4.69, 9.17) is 0 Å². The molecule has 0 atom stereocenters. The second kappa shape index (κ2) is 7.96. The quantitative estimate of drug-likeness (QED) is 0.872. The fourth-order valence-corrected chi connectivity index (χ4v) is 3.45. The third-order valence-corrected chi connectivity index (χ3v) is 5.32. The van der Waals surface area contributed by atoms with E-state index >= 15 is 0 Å². The van der Waals surface area contributed by atoms with Gasteiger partial charge >= 0.3 is 0 Å². The SMILES string of the molecule is CCc1ccc(C(C)(C)C(=O)N2CCC(CCNC)CC2)cc1. The molecule has 0 radical (unpaired) electrons. The second-order valence-corrected chi connectivity index (χ2v) is 7.30. The van der Waals surface area contributed by atoms with Crippen LogP contribution in [0.4, 0.5) is 0 Å². The number of carbonyl (C=O) groups is 1. The lowest BCUT2D eigenvalue weighted by molar-refractivity contribution is -0.137. The number of hydrogen-bond acceptors (Lipinski definition) is 2. The van der Waals surface area contributed by atoms with Gasteiger partial charge in [-0.2, -0.15) is 0 Å². The van der Waals surface area contributed by atoms with Crippen molar-refractivity contribution in [1.82, 2.24) is 10.2 Å². The Morgan fingerprint density at radius 3 is 2.35 bits per heavy atom. The van der Waals surface area contributed by atoms with Crippen LogP contribution >= 0.6 is 0 Å². The monoisotopic (exact) mass is 316 g/mol. The number of likely N-dealkylation sites (tertiary alicyclic amines) is 1. The number of nitrogens with zero attached hydrogens (tertiary/aromatic N) is 1. The van der Waals surface area contributed by atoms with Gasteiger partial charge in [0.15, 0.2) is 0 Å². The van der Waals surface area contributed by atoms with Crippen LogP contribution in [-0.4, -0.2) is 37.5 Å². The third-order valence-electron chi connectivity index (χ3n) is 5.32. The van der Waals surface area contributed by atoms with Crippen LogP contribution in [0, 0.1) is 5.92 Å². The lowest BCUT2D eigenvalue weighted by atomic mass is 9.81. The minimum Gasteiger partial charge on any atom is -0.342 e. The van der Waals surface area contributed by atoms with Crippen molar-refractivity contribution in [2.75, 3.05) is 26.7 Å². The third kappa shape index (κ3) is 4.35. The molecule has 0 spiro atoms. The number of amides is 1. The smallest absolute Gasteiger partial charge is 0.232 e. The maximum Gasteiger partial charge on any atom is 0.232 e. The summed E-state index contributed by atoms with van der Waals surface area (Å²) in [6.07, 6.45) is 4.53. The Balaban J connectivity index is 1.98. The fourth-order valence-electron chi connectivity index (χ4n) is 3.45. The average molecular weight is 316 g/mol. The number of nitrogens with one attached hydrogen (secondary N) is 1. The normalized spacial score (nSPS) is 16.6. The summed E-state index contributed by atoms with van der Waals surface area (Å²) in [5.74, 6) is 1.03. The molecule has 2 rings (SSSR count). The van der Waals surface area contributed by atoms with Gasteiger partial charge < -0.3 is 10.2 Å². The Kier molecular flexibility index (Phi) is 6.23. The molecule has 1 amide bonds. The Morgan fingerprint density at radius 1 is 1.22 bits per heavy atom. The van der Waals surface area contributed by atoms with Crippen LogP contribution in [0.25, 0.3) is 0 Å². The van der Waals surface area contributed by atoms with Gasteiger partial charge in [-0.3, -0.25) is 4.79 Å². The van der Waals surface area contributed by atoms with E-state index in [2.05, 4.69) is 55.3 Å². The predicted molar refractivity (Wildman–Crippen MR) is 96.7 cm³/mol. The molecule has 1 aromatic carbocycles. The molecular formula is C20H32N2O. The number of piperidine rings is 1. The Bertz CT molecular complexity index is 499. The van der Waals surface area contributed by atoms with Crippen molar-refractivity contribution < 1.29 is 4.79 Å². The van der Waals surface area contributed by atoms with Crippen LogP contribution in [-0.2, 0) is 16.6 Å². The van der Waals surface area contributed by atoms with Crippen molar-refractivity contribution >= 4 is 5.91 Å². The van der Waals surface area contributed by atoms with Crippen molar-refractivity contribution in [3.8, 4) is 0 Å². The van der Waals surface area contributed by atoms with Gasteiger partial charge in [-0.25, -0.2) is 0 Å². The maximum atomic E-state index is 13.0. The van der Waals surface area contributed by atoms with Gasteiger partial charge in [-0.15, -0.1) is 0 Å². The van der Waals surface area contributed by atoms with Gasteiger partial charge in [0.1, 0.15) is 0 Å². The lowest BCUT2D eigenvalue weighted by Gasteiger charge is -2.37. The van der Waals surface area contributed by atoms with E-state index in [0.29, 0.717) is 0 Å². The summed E-state index contributed by atoms with van der Waals surface area (Å²) in [7, 11) is 2.00. The molecule has 1 heterocycles. The molecule has 1 N–H and O–H groups in total. The van der Waals surface area contributed by atoms with E-state index in [1.807, 2.05) is 7.05 Å². The summed E-state index contributed by atoms with van der Waals surface area (Å²) in [5, 5.41) is 3.22. The first kappa shape index (κ1) is 18.0. The van der Waals surface area contributed by atoms with Crippen LogP contribution in [0.3, 0.4) is 0 Å². The van der Waals surface area contributed by atoms with E-state index in [0.717, 1.165) is 50.4 Å². The summed E-state index contributed by atoms with van der Waals surface area (Å²) < 4.78 is 0. The molecule has 0 bridgehead atoms. The van der Waals surface area contributed by atoms with Crippen molar-refractivity contribution in [3.05, 3.63) is 35.4 Å². The number of carbonyl (C=O) groups excluding carboxylic acids is 1. The highest BCUT2D eigenvalue weighted by atomic mass is 16.2. The molecular weight excluding hydrogens is 284 g/mol. The van der Waals surface area contributed by atoms with Crippen LogP contribution in [0.1, 0.15) is 51.2 Å². The van der Waals surface area contributed by atoms with Crippen molar-refractivity contribution in [1.29, 1.82) is 0 Å². The first-order chi connectivity index (χ1) is 11.0. The summed E-state index contributed by atoms with van der Waals surface area (Å²) in [6, 6.07) is 8.54. The van der Waals surface area contributed by atoms with Crippen molar-refractivity contribution in [2.45, 2.75) is 51.9 Å². The minimum absolute atomic E-state index is 0.272. The zero-order valence-electron chi connectivity index (χ0n) is 15.2. The highest BCUT2D eigenvalue weighted by Crippen LogP contribution is 2.29. The van der Waals surface area contributed by atoms with E-state index in [-0.39, 0.29) is 5.91 Å². The van der Waals surface area contributed by atoms with Gasteiger partial charge in [-0.05, 0) is 70.2 Å². The number of rotatable bonds is 6. The topological polar surface area (TPSA) is 32.3 Å². The molecule has 0 aliphatic carbocycles. The van der Waals surface area contributed by atoms with Crippen LogP contribution in [0.15, 0.2) is 24.3 Å². The van der Waals surface area contributed by atoms with Crippen LogP contribution in [0.5, 0.6) is 0 Å². The largest absolute Gasteiger partial charge is 0.342 e. The molecule has 128 valence electrons. The number of hydrogen-bond donors (Lipinski definition) is 1. The van der Waals surface area contributed by atoms with E-state index in [1.165, 1.54) is 12.0 Å². The zero-order valence-corrected chi connectivity index (χ0v) is 15.2. The van der Waals surface area contributed by atoms with Crippen LogP contribution < -0.4 is 5.32 Å². The van der Waals surface area contributed by atoms with Crippen LogP contribution in [0.2, 0.25) is 0 Å². The van der Waals surface area contributed by atoms with Gasteiger partial charge in [0.2, 0.25) is 5.91 Å². The molecule has 1 aliphatic heterocycles. The molecule has 1 aliphatic rings. The number of benzene rings is 1. The van der Waals surface area contributed by atoms with E-state index in [1.54, 1.807) is 0 Å². The van der Waals surface area contributed by atoms with Crippen molar-refractivity contribution in [3.63, 3.8) is 0 Å². The molecule has 3 nitrogen and oxygen atoms in total. The first-order valence-corrected chi connectivity index (χ1v) is 9.02. The Morgan fingerprint density at radius 2 is 1.83 bits per heavy atom. The van der Waals surface area contributed by atoms with Crippen molar-refractivity contribution in [2.24, 2.45) is 5.92 Å². The first-order valence-electron chi connectivity index (χ1n) is 9.02. The fraction of sp³-hybridized carbons (Fsp3) is 0.650. The second-order valence-electron chi connectivity index (χ2n) is 7.30. The molecule has 1 aromatic rings. The van der Waals surface area contributed by atoms with Gasteiger partial charge in [0.25, 0.3) is 0 Å². The molecule has 23 heavy (non-hydrogen) atoms. The Hall–Kier alpha value is -1.35. The van der Waals surface area contributed by atoms with Gasteiger partial charge in [0.05, 0.1) is 5.41 Å². The Labute approximate surface area is 141 Å². The predicted octanol–water partition coefficient (Wildman–Crippen LogP) is 3.37. The lowest BCUT2D eigenvalue weighted by Crippen LogP contribution is -2.47. The summed E-state index contributed by atoms with van der Waals surface area (Å²) in [6.45, 7) is 9.16. The molecule has 1 fully saturated rings. The molecule has 1 saturated heterocycles. The summed E-state index contributed by atoms with van der Waals surface area (Å²) in [4.78, 5) is 15.1. The van der Waals surface area contributed by atoms with E-state index < -0.39 is 5.41 Å². The molecule has 0 aromatic heterocycles. The average Bonchev–Trinajstić information content (AvgIpc) is 2.59. The minimum atomic E-state index is -0.440. The standard InChI is InChI=1S/C20H32N2O/c1-5-16-6-8-18(9-7-16)20(2,3)19(23)22-14-11-17(12-15-22)10-13-21-4/h6-9,17,21H,5,10-15H2,1-4H3. The maximum absolute atomic E-state index is 13.0. The summed E-state index contributed by atoms with van der Waals surface area (Å²) in [5.41, 5.74) is 2.00.